The molecule has 4 heteroatoms. The normalized spacial score (nSPS) is 25.6. The molecule has 0 radical (unpaired) electrons. The van der Waals surface area contributed by atoms with Crippen LogP contribution in [0.2, 0.25) is 0 Å². The summed E-state index contributed by atoms with van der Waals surface area (Å²) in [6, 6.07) is 7.70. The molecule has 0 aliphatic carbocycles. The lowest BCUT2D eigenvalue weighted by atomic mass is 9.80. The molecular formula is C14H19NO2S. The highest BCUT2D eigenvalue weighted by molar-refractivity contribution is 7.90. The van der Waals surface area contributed by atoms with Crippen LogP contribution in [0.4, 0.5) is 0 Å². The van der Waals surface area contributed by atoms with E-state index in [1.165, 1.54) is 0 Å². The van der Waals surface area contributed by atoms with Crippen LogP contribution in [0.3, 0.4) is 0 Å². The largest absolute Gasteiger partial charge is 0.260 e. The number of aryl methyl sites for hydroxylation is 1. The van der Waals surface area contributed by atoms with E-state index in [0.717, 1.165) is 11.1 Å². The number of nitrogens with zero attached hydrogens (tertiary/aromatic N) is 1. The molecule has 0 bridgehead atoms. The molecule has 0 saturated carbocycles. The molecular weight excluding hydrogens is 246 g/mol. The molecule has 0 saturated heterocycles. The molecule has 1 atom stereocenters. The fraction of sp³-hybridized carbons (Fsp3) is 0.500. The fourth-order valence-corrected chi connectivity index (χ4v) is 4.90. The van der Waals surface area contributed by atoms with Gasteiger partial charge in [0, 0.05) is 5.71 Å². The number of hydrogen-bond donors (Lipinski definition) is 0. The molecule has 1 aromatic rings. The minimum absolute atomic E-state index is 0.321. The number of rotatable bonds is 1. The highest BCUT2D eigenvalue weighted by Gasteiger charge is 2.44. The summed E-state index contributed by atoms with van der Waals surface area (Å²) in [6.45, 7) is 7.75. The number of sulfonamides is 1. The van der Waals surface area contributed by atoms with Gasteiger partial charge in [0.15, 0.2) is 0 Å². The number of benzene rings is 1. The Bertz CT molecular complexity index is 600. The average Bonchev–Trinajstić information content (AvgIpc) is 2.11. The van der Waals surface area contributed by atoms with Gasteiger partial charge in [-0.3, -0.25) is 0 Å². The Morgan fingerprint density at radius 3 is 2.50 bits per heavy atom. The van der Waals surface area contributed by atoms with Crippen LogP contribution in [0.25, 0.3) is 0 Å². The quantitative estimate of drug-likeness (QED) is 0.782. The first-order valence-corrected chi connectivity index (χ1v) is 7.58. The Labute approximate surface area is 109 Å². The van der Waals surface area contributed by atoms with E-state index in [2.05, 4.69) is 4.40 Å². The lowest BCUT2D eigenvalue weighted by Crippen LogP contribution is -2.34. The van der Waals surface area contributed by atoms with Crippen molar-refractivity contribution in [3.05, 3.63) is 35.4 Å². The van der Waals surface area contributed by atoms with Crippen molar-refractivity contribution >= 4 is 15.7 Å². The number of hydrogen-bond acceptors (Lipinski definition) is 2. The van der Waals surface area contributed by atoms with Gasteiger partial charge in [-0.25, -0.2) is 8.42 Å². The molecule has 2 rings (SSSR count). The van der Waals surface area contributed by atoms with Crippen molar-refractivity contribution in [2.24, 2.45) is 9.81 Å². The van der Waals surface area contributed by atoms with Crippen LogP contribution in [0.15, 0.2) is 28.7 Å². The predicted molar refractivity (Wildman–Crippen MR) is 74.3 cm³/mol. The standard InChI is InChI=1S/C14H19NO2S/c1-10-6-5-7-12(8-10)13-14(3,4)9-11(2)15-18(13,16)17/h5-8,13H,9H2,1-4H3. The second kappa shape index (κ2) is 4.19. The third kappa shape index (κ3) is 2.34. The maximum Gasteiger partial charge on any atom is 0.260 e. The van der Waals surface area contributed by atoms with Gasteiger partial charge >= 0.3 is 0 Å². The van der Waals surface area contributed by atoms with Gasteiger partial charge < -0.3 is 0 Å². The second-order valence-electron chi connectivity index (χ2n) is 5.80. The Morgan fingerprint density at radius 2 is 1.94 bits per heavy atom. The van der Waals surface area contributed by atoms with Gasteiger partial charge in [-0.05, 0) is 31.2 Å². The zero-order valence-electron chi connectivity index (χ0n) is 11.3. The third-order valence-electron chi connectivity index (χ3n) is 3.35. The van der Waals surface area contributed by atoms with Crippen LogP contribution in [-0.4, -0.2) is 14.1 Å². The minimum atomic E-state index is -3.46. The molecule has 0 N–H and O–H groups in total. The first-order valence-electron chi connectivity index (χ1n) is 6.08. The van der Waals surface area contributed by atoms with Gasteiger partial charge in [-0.1, -0.05) is 43.7 Å². The van der Waals surface area contributed by atoms with E-state index in [9.17, 15) is 8.42 Å². The summed E-state index contributed by atoms with van der Waals surface area (Å²) in [7, 11) is -3.46. The molecule has 0 spiro atoms. The van der Waals surface area contributed by atoms with E-state index in [1.807, 2.05) is 45.0 Å². The highest BCUT2D eigenvalue weighted by Crippen LogP contribution is 2.46. The smallest absolute Gasteiger partial charge is 0.204 e. The molecule has 3 nitrogen and oxygen atoms in total. The molecule has 0 amide bonds. The van der Waals surface area contributed by atoms with E-state index < -0.39 is 15.3 Å². The molecule has 0 fully saturated rings. The van der Waals surface area contributed by atoms with Crippen LogP contribution in [0, 0.1) is 12.3 Å². The Hall–Kier alpha value is -1.16. The summed E-state index contributed by atoms with van der Waals surface area (Å²) >= 11 is 0. The molecule has 0 aromatic heterocycles. The van der Waals surface area contributed by atoms with Crippen molar-refractivity contribution in [1.29, 1.82) is 0 Å². The summed E-state index contributed by atoms with van der Waals surface area (Å²) in [5, 5.41) is -0.548. The van der Waals surface area contributed by atoms with Crippen LogP contribution in [0.5, 0.6) is 0 Å². The van der Waals surface area contributed by atoms with Gasteiger partial charge in [-0.2, -0.15) is 4.40 Å². The van der Waals surface area contributed by atoms with Crippen molar-refractivity contribution < 1.29 is 8.42 Å². The summed E-state index contributed by atoms with van der Waals surface area (Å²) in [6.07, 6.45) is 0.713. The maximum absolute atomic E-state index is 12.3. The average molecular weight is 265 g/mol. The Kier molecular flexibility index (Phi) is 3.09. The zero-order valence-corrected chi connectivity index (χ0v) is 12.1. The van der Waals surface area contributed by atoms with E-state index in [1.54, 1.807) is 6.92 Å². The van der Waals surface area contributed by atoms with Crippen LogP contribution in [0.1, 0.15) is 43.6 Å². The van der Waals surface area contributed by atoms with Crippen molar-refractivity contribution in [2.75, 3.05) is 0 Å². The van der Waals surface area contributed by atoms with Gasteiger partial charge in [0.2, 0.25) is 0 Å². The third-order valence-corrected chi connectivity index (χ3v) is 5.42. The molecule has 1 unspecified atom stereocenters. The Balaban J connectivity index is 2.61. The van der Waals surface area contributed by atoms with Crippen molar-refractivity contribution in [1.82, 2.24) is 0 Å². The van der Waals surface area contributed by atoms with Gasteiger partial charge in [0.25, 0.3) is 10.0 Å². The van der Waals surface area contributed by atoms with Crippen molar-refractivity contribution in [3.8, 4) is 0 Å². The molecule has 1 aromatic carbocycles. The Morgan fingerprint density at radius 1 is 1.28 bits per heavy atom. The monoisotopic (exact) mass is 265 g/mol. The topological polar surface area (TPSA) is 46.5 Å². The molecule has 1 aliphatic heterocycles. The van der Waals surface area contributed by atoms with Crippen LogP contribution >= 0.6 is 0 Å². The highest BCUT2D eigenvalue weighted by atomic mass is 32.2. The van der Waals surface area contributed by atoms with Crippen LogP contribution in [-0.2, 0) is 10.0 Å². The molecule has 98 valence electrons. The summed E-state index contributed by atoms with van der Waals surface area (Å²) in [5.74, 6) is 0. The molecule has 18 heavy (non-hydrogen) atoms. The van der Waals surface area contributed by atoms with E-state index in [4.69, 9.17) is 0 Å². The fourth-order valence-electron chi connectivity index (χ4n) is 2.91. The SMILES string of the molecule is CC1=NS(=O)(=O)C(c2cccc(C)c2)C(C)(C)C1. The molecule has 1 aliphatic rings. The van der Waals surface area contributed by atoms with Gasteiger partial charge in [-0.15, -0.1) is 0 Å². The van der Waals surface area contributed by atoms with Crippen LogP contribution < -0.4 is 0 Å². The first kappa shape index (κ1) is 13.3. The van der Waals surface area contributed by atoms with Crippen molar-refractivity contribution in [3.63, 3.8) is 0 Å². The minimum Gasteiger partial charge on any atom is -0.204 e. The van der Waals surface area contributed by atoms with Gasteiger partial charge in [0.05, 0.1) is 0 Å². The predicted octanol–water partition coefficient (Wildman–Crippen LogP) is 3.26. The summed E-state index contributed by atoms with van der Waals surface area (Å²) in [5.41, 5.74) is 2.29. The van der Waals surface area contributed by atoms with E-state index >= 15 is 0 Å². The summed E-state index contributed by atoms with van der Waals surface area (Å²) in [4.78, 5) is 0. The van der Waals surface area contributed by atoms with Crippen molar-refractivity contribution in [2.45, 2.75) is 39.4 Å². The molecule has 1 heterocycles. The second-order valence-corrected chi connectivity index (χ2v) is 7.48. The zero-order chi connectivity index (χ0) is 13.6. The van der Waals surface area contributed by atoms with E-state index in [0.29, 0.717) is 12.1 Å². The summed E-state index contributed by atoms with van der Waals surface area (Å²) < 4.78 is 28.6. The maximum atomic E-state index is 12.3. The lowest BCUT2D eigenvalue weighted by molar-refractivity contribution is 0.350. The first-order chi connectivity index (χ1) is 8.22. The van der Waals surface area contributed by atoms with Gasteiger partial charge in [0.1, 0.15) is 5.25 Å². The van der Waals surface area contributed by atoms with E-state index in [-0.39, 0.29) is 5.41 Å². The lowest BCUT2D eigenvalue weighted by Gasteiger charge is -2.36.